The van der Waals surface area contributed by atoms with E-state index in [4.69, 9.17) is 0 Å². The van der Waals surface area contributed by atoms with E-state index in [0.29, 0.717) is 11.6 Å². The lowest BCUT2D eigenvalue weighted by molar-refractivity contribution is 0.0593. The Balaban J connectivity index is 2.13. The molecule has 0 N–H and O–H groups in total. The van der Waals surface area contributed by atoms with Crippen LogP contribution in [0.3, 0.4) is 0 Å². The number of pyridine rings is 1. The molecule has 2 rings (SSSR count). The van der Waals surface area contributed by atoms with Crippen LogP contribution in [0.15, 0.2) is 18.2 Å². The molecule has 1 aromatic rings. The van der Waals surface area contributed by atoms with Gasteiger partial charge in [0.2, 0.25) is 0 Å². The number of esters is 1. The predicted molar refractivity (Wildman–Crippen MR) is 65.0 cm³/mol. The zero-order valence-corrected chi connectivity index (χ0v) is 10.3. The van der Waals surface area contributed by atoms with E-state index in [1.54, 1.807) is 6.07 Å². The predicted octanol–water partition coefficient (Wildman–Crippen LogP) is 1.68. The van der Waals surface area contributed by atoms with Gasteiger partial charge in [0, 0.05) is 11.6 Å². The van der Waals surface area contributed by atoms with Crippen molar-refractivity contribution in [3.63, 3.8) is 0 Å². The molecule has 4 heteroatoms. The molecule has 0 bridgehead atoms. The van der Waals surface area contributed by atoms with Crippen LogP contribution in [0.4, 0.5) is 0 Å². The third-order valence-corrected chi connectivity index (χ3v) is 3.30. The molecule has 1 aromatic heterocycles. The molecule has 1 aliphatic rings. The number of hydrogen-bond acceptors (Lipinski definition) is 4. The topological polar surface area (TPSA) is 42.4 Å². The van der Waals surface area contributed by atoms with Gasteiger partial charge in [-0.2, -0.15) is 0 Å². The van der Waals surface area contributed by atoms with E-state index >= 15 is 0 Å². The second-order valence-corrected chi connectivity index (χ2v) is 4.52. The minimum atomic E-state index is -0.361. The fourth-order valence-electron chi connectivity index (χ4n) is 2.20. The summed E-state index contributed by atoms with van der Waals surface area (Å²) in [6.45, 7) is 2.18. The Morgan fingerprint density at radius 2 is 2.12 bits per heavy atom. The molecule has 0 aliphatic carbocycles. The van der Waals surface area contributed by atoms with Gasteiger partial charge in [0.1, 0.15) is 5.69 Å². The molecule has 1 aliphatic heterocycles. The highest BCUT2D eigenvalue weighted by Crippen LogP contribution is 2.26. The molecule has 0 amide bonds. The zero-order chi connectivity index (χ0) is 12.3. The number of rotatable bonds is 2. The number of carbonyl (C=O) groups is 1. The molecule has 2 heterocycles. The third kappa shape index (κ3) is 2.82. The minimum absolute atomic E-state index is 0.361. The van der Waals surface area contributed by atoms with E-state index in [0.717, 1.165) is 31.6 Å². The maximum absolute atomic E-state index is 11.4. The standard InChI is InChI=1S/C13H18N2O2/c1-15-8-6-10(7-9-15)11-4-3-5-12(14-11)13(16)17-2/h3-5,10H,6-9H2,1-2H3. The normalized spacial score (nSPS) is 18.0. The van der Waals surface area contributed by atoms with Crippen LogP contribution in [0, 0.1) is 0 Å². The summed E-state index contributed by atoms with van der Waals surface area (Å²) in [6, 6.07) is 5.58. The van der Waals surface area contributed by atoms with Crippen molar-refractivity contribution in [1.29, 1.82) is 0 Å². The summed E-state index contributed by atoms with van der Waals surface area (Å²) in [4.78, 5) is 18.1. The summed E-state index contributed by atoms with van der Waals surface area (Å²) >= 11 is 0. The summed E-state index contributed by atoms with van der Waals surface area (Å²) < 4.78 is 4.69. The van der Waals surface area contributed by atoms with Gasteiger partial charge in [-0.3, -0.25) is 0 Å². The van der Waals surface area contributed by atoms with Gasteiger partial charge in [0.25, 0.3) is 0 Å². The first-order valence-corrected chi connectivity index (χ1v) is 5.94. The number of aromatic nitrogens is 1. The molecule has 0 unspecified atom stereocenters. The molecule has 1 saturated heterocycles. The van der Waals surface area contributed by atoms with Crippen LogP contribution in [-0.2, 0) is 4.74 Å². The Morgan fingerprint density at radius 1 is 1.41 bits per heavy atom. The fraction of sp³-hybridized carbons (Fsp3) is 0.538. The van der Waals surface area contributed by atoms with Crippen molar-refractivity contribution in [3.8, 4) is 0 Å². The summed E-state index contributed by atoms with van der Waals surface area (Å²) in [7, 11) is 3.51. The summed E-state index contributed by atoms with van der Waals surface area (Å²) in [6.07, 6.45) is 2.21. The van der Waals surface area contributed by atoms with Crippen molar-refractivity contribution in [1.82, 2.24) is 9.88 Å². The smallest absolute Gasteiger partial charge is 0.356 e. The van der Waals surface area contributed by atoms with Gasteiger partial charge in [-0.15, -0.1) is 0 Å². The lowest BCUT2D eigenvalue weighted by atomic mass is 9.93. The van der Waals surface area contributed by atoms with Crippen LogP contribution >= 0.6 is 0 Å². The van der Waals surface area contributed by atoms with Crippen LogP contribution in [0.25, 0.3) is 0 Å². The van der Waals surface area contributed by atoms with Gasteiger partial charge < -0.3 is 9.64 Å². The number of carbonyl (C=O) groups excluding carboxylic acids is 1. The van der Waals surface area contributed by atoms with Crippen molar-refractivity contribution in [2.75, 3.05) is 27.2 Å². The van der Waals surface area contributed by atoms with Crippen LogP contribution in [0.1, 0.15) is 34.9 Å². The summed E-state index contributed by atoms with van der Waals surface area (Å²) in [5.41, 5.74) is 1.42. The third-order valence-electron chi connectivity index (χ3n) is 3.30. The molecule has 17 heavy (non-hydrogen) atoms. The van der Waals surface area contributed by atoms with Crippen molar-refractivity contribution in [2.24, 2.45) is 0 Å². The number of nitrogens with zero attached hydrogens (tertiary/aromatic N) is 2. The minimum Gasteiger partial charge on any atom is -0.464 e. The summed E-state index contributed by atoms with van der Waals surface area (Å²) in [5.74, 6) is 0.107. The first kappa shape index (κ1) is 12.0. The number of ether oxygens (including phenoxy) is 1. The molecular weight excluding hydrogens is 216 g/mol. The molecule has 4 nitrogen and oxygen atoms in total. The van der Waals surface area contributed by atoms with Gasteiger partial charge in [0.05, 0.1) is 7.11 Å². The lowest BCUT2D eigenvalue weighted by Crippen LogP contribution is -2.29. The van der Waals surface area contributed by atoms with E-state index < -0.39 is 0 Å². The maximum atomic E-state index is 11.4. The highest BCUT2D eigenvalue weighted by atomic mass is 16.5. The number of methoxy groups -OCH3 is 1. The van der Waals surface area contributed by atoms with Crippen molar-refractivity contribution in [2.45, 2.75) is 18.8 Å². The molecular formula is C13H18N2O2. The Kier molecular flexibility index (Phi) is 3.74. The molecule has 0 spiro atoms. The lowest BCUT2D eigenvalue weighted by Gasteiger charge is -2.28. The highest BCUT2D eigenvalue weighted by molar-refractivity contribution is 5.87. The van der Waals surface area contributed by atoms with Gasteiger partial charge in [0.15, 0.2) is 0 Å². The first-order valence-electron chi connectivity index (χ1n) is 5.94. The SMILES string of the molecule is COC(=O)c1cccc(C2CCN(C)CC2)n1. The highest BCUT2D eigenvalue weighted by Gasteiger charge is 2.20. The second-order valence-electron chi connectivity index (χ2n) is 4.52. The van der Waals surface area contributed by atoms with Crippen LogP contribution < -0.4 is 0 Å². The van der Waals surface area contributed by atoms with Crippen molar-refractivity contribution >= 4 is 5.97 Å². The zero-order valence-electron chi connectivity index (χ0n) is 10.3. The Hall–Kier alpha value is -1.42. The average Bonchev–Trinajstić information content (AvgIpc) is 2.39. The molecule has 0 saturated carbocycles. The van der Waals surface area contributed by atoms with E-state index in [-0.39, 0.29) is 5.97 Å². The molecule has 0 atom stereocenters. The largest absolute Gasteiger partial charge is 0.464 e. The average molecular weight is 234 g/mol. The molecule has 1 fully saturated rings. The van der Waals surface area contributed by atoms with Gasteiger partial charge in [-0.05, 0) is 45.1 Å². The second kappa shape index (κ2) is 5.27. The Morgan fingerprint density at radius 3 is 2.76 bits per heavy atom. The monoisotopic (exact) mass is 234 g/mol. The molecule has 0 radical (unpaired) electrons. The van der Waals surface area contributed by atoms with E-state index in [1.807, 2.05) is 12.1 Å². The molecule has 0 aromatic carbocycles. The Labute approximate surface area is 102 Å². The number of likely N-dealkylation sites (tertiary alicyclic amines) is 1. The number of hydrogen-bond donors (Lipinski definition) is 0. The number of piperidine rings is 1. The van der Waals surface area contributed by atoms with E-state index in [2.05, 4.69) is 21.7 Å². The quantitative estimate of drug-likeness (QED) is 0.730. The van der Waals surface area contributed by atoms with Gasteiger partial charge in [-0.1, -0.05) is 6.07 Å². The van der Waals surface area contributed by atoms with Gasteiger partial charge >= 0.3 is 5.97 Å². The maximum Gasteiger partial charge on any atom is 0.356 e. The van der Waals surface area contributed by atoms with E-state index in [1.165, 1.54) is 7.11 Å². The van der Waals surface area contributed by atoms with Crippen LogP contribution in [0.5, 0.6) is 0 Å². The Bertz CT molecular complexity index is 398. The van der Waals surface area contributed by atoms with E-state index in [9.17, 15) is 4.79 Å². The van der Waals surface area contributed by atoms with Crippen molar-refractivity contribution < 1.29 is 9.53 Å². The van der Waals surface area contributed by atoms with Crippen LogP contribution in [0.2, 0.25) is 0 Å². The summed E-state index contributed by atoms with van der Waals surface area (Å²) in [5, 5.41) is 0. The van der Waals surface area contributed by atoms with Crippen LogP contribution in [-0.4, -0.2) is 43.1 Å². The van der Waals surface area contributed by atoms with Gasteiger partial charge in [-0.25, -0.2) is 9.78 Å². The fourth-order valence-corrected chi connectivity index (χ4v) is 2.20. The van der Waals surface area contributed by atoms with Crippen molar-refractivity contribution in [3.05, 3.63) is 29.6 Å². The molecule has 92 valence electrons. The first-order chi connectivity index (χ1) is 8.20.